The van der Waals surface area contributed by atoms with Crippen molar-refractivity contribution in [2.75, 3.05) is 32.7 Å². The van der Waals surface area contributed by atoms with Crippen LogP contribution in [-0.2, 0) is 16.1 Å². The van der Waals surface area contributed by atoms with Crippen LogP contribution in [0.3, 0.4) is 0 Å². The predicted molar refractivity (Wildman–Crippen MR) is 73.3 cm³/mol. The second-order valence-electron chi connectivity index (χ2n) is 3.51. The average Bonchev–Trinajstić information content (AvgIpc) is 2.30. The molecule has 0 radical (unpaired) electrons. The van der Waals surface area contributed by atoms with Gasteiger partial charge in [0.2, 0.25) is 0 Å². The highest BCUT2D eigenvalue weighted by Crippen LogP contribution is 2.11. The molecule has 1 aromatic rings. The molecule has 4 nitrogen and oxygen atoms in total. The lowest BCUT2D eigenvalue weighted by molar-refractivity contribution is 0.185. The number of ether oxygens (including phenoxy) is 2. The van der Waals surface area contributed by atoms with Gasteiger partial charge in [0, 0.05) is 26.5 Å². The lowest BCUT2D eigenvalue weighted by Crippen LogP contribution is -2.31. The van der Waals surface area contributed by atoms with Crippen LogP contribution in [0.5, 0.6) is 0 Å². The molecule has 5 heteroatoms. The molecule has 2 N–H and O–H groups in total. The Hall–Kier alpha value is -1.17. The molecule has 0 saturated heterocycles. The fourth-order valence-electron chi connectivity index (χ4n) is 1.35. The van der Waals surface area contributed by atoms with Gasteiger partial charge >= 0.3 is 0 Å². The van der Waals surface area contributed by atoms with Crippen molar-refractivity contribution >= 4 is 23.0 Å². The Labute approximate surface area is 107 Å². The summed E-state index contributed by atoms with van der Waals surface area (Å²) in [5.41, 5.74) is 2.06. The third-order valence-electron chi connectivity index (χ3n) is 2.09. The maximum atomic E-state index is 5.15. The van der Waals surface area contributed by atoms with Gasteiger partial charge in [-0.1, -0.05) is 12.1 Å². The molecule has 0 aliphatic rings. The van der Waals surface area contributed by atoms with Crippen molar-refractivity contribution < 1.29 is 9.47 Å². The predicted octanol–water partition coefficient (Wildman–Crippen LogP) is 1.77. The number of benzene rings is 1. The fraction of sp³-hybridized carbons (Fsp3) is 0.417. The first kappa shape index (κ1) is 13.9. The van der Waals surface area contributed by atoms with E-state index in [0.29, 0.717) is 24.9 Å². The van der Waals surface area contributed by atoms with Gasteiger partial charge in [-0.2, -0.15) is 0 Å². The zero-order valence-corrected chi connectivity index (χ0v) is 11.0. The normalized spacial score (nSPS) is 10.0. The van der Waals surface area contributed by atoms with Crippen molar-refractivity contribution in [2.45, 2.75) is 6.61 Å². The minimum Gasteiger partial charge on any atom is -0.383 e. The number of rotatable bonds is 6. The maximum absolute atomic E-state index is 5.15. The Balaban J connectivity index is 2.44. The highest BCUT2D eigenvalue weighted by atomic mass is 32.1. The highest BCUT2D eigenvalue weighted by Gasteiger charge is 1.98. The molecule has 1 aromatic carbocycles. The van der Waals surface area contributed by atoms with Gasteiger partial charge in [0.05, 0.1) is 13.2 Å². The van der Waals surface area contributed by atoms with E-state index in [0.717, 1.165) is 11.3 Å². The second-order valence-corrected chi connectivity index (χ2v) is 3.92. The minimum absolute atomic E-state index is 0.594. The molecular formula is C12H18N2O2S. The Morgan fingerprint density at radius 1 is 1.29 bits per heavy atom. The Kier molecular flexibility index (Phi) is 6.54. The van der Waals surface area contributed by atoms with Crippen LogP contribution >= 0.6 is 12.2 Å². The van der Waals surface area contributed by atoms with Crippen molar-refractivity contribution in [3.05, 3.63) is 29.8 Å². The van der Waals surface area contributed by atoms with E-state index in [9.17, 15) is 0 Å². The van der Waals surface area contributed by atoms with Gasteiger partial charge < -0.3 is 20.1 Å². The van der Waals surface area contributed by atoms with Gasteiger partial charge in [0.1, 0.15) is 0 Å². The smallest absolute Gasteiger partial charge is 0.170 e. The summed E-state index contributed by atoms with van der Waals surface area (Å²) in [5.74, 6) is 0. The molecule has 17 heavy (non-hydrogen) atoms. The van der Waals surface area contributed by atoms with Crippen LogP contribution < -0.4 is 10.6 Å². The number of hydrogen-bond donors (Lipinski definition) is 2. The Bertz CT molecular complexity index is 358. The minimum atomic E-state index is 0.594. The quantitative estimate of drug-likeness (QED) is 0.598. The first-order valence-corrected chi connectivity index (χ1v) is 5.78. The molecular weight excluding hydrogens is 236 g/mol. The number of thiocarbonyl (C=S) groups is 1. The van der Waals surface area contributed by atoms with Crippen LogP contribution in [-0.4, -0.2) is 32.5 Å². The zero-order valence-electron chi connectivity index (χ0n) is 10.2. The molecule has 94 valence electrons. The SMILES string of the molecule is COCCNC(=S)Nc1cccc(COC)c1. The van der Waals surface area contributed by atoms with Crippen molar-refractivity contribution in [2.24, 2.45) is 0 Å². The molecule has 1 rings (SSSR count). The summed E-state index contributed by atoms with van der Waals surface area (Å²) in [6, 6.07) is 7.95. The van der Waals surface area contributed by atoms with Crippen molar-refractivity contribution in [1.29, 1.82) is 0 Å². The summed E-state index contributed by atoms with van der Waals surface area (Å²) in [6.45, 7) is 1.92. The standard InChI is InChI=1S/C12H18N2O2S/c1-15-7-6-13-12(17)14-11-5-3-4-10(8-11)9-16-2/h3-5,8H,6-7,9H2,1-2H3,(H2,13,14,17). The molecule has 0 heterocycles. The van der Waals surface area contributed by atoms with E-state index >= 15 is 0 Å². The van der Waals surface area contributed by atoms with Gasteiger partial charge in [-0.25, -0.2) is 0 Å². The average molecular weight is 254 g/mol. The Morgan fingerprint density at radius 2 is 2.12 bits per heavy atom. The summed E-state index contributed by atoms with van der Waals surface area (Å²) >= 11 is 5.15. The first-order chi connectivity index (χ1) is 8.26. The molecule has 0 amide bonds. The number of anilines is 1. The maximum Gasteiger partial charge on any atom is 0.170 e. The summed E-state index contributed by atoms with van der Waals surface area (Å²) in [5, 5.41) is 6.75. The third-order valence-corrected chi connectivity index (χ3v) is 2.33. The van der Waals surface area contributed by atoms with Gasteiger partial charge in [0.15, 0.2) is 5.11 Å². The van der Waals surface area contributed by atoms with Gasteiger partial charge in [0.25, 0.3) is 0 Å². The van der Waals surface area contributed by atoms with Crippen LogP contribution in [0.2, 0.25) is 0 Å². The van der Waals surface area contributed by atoms with Crippen LogP contribution in [0.15, 0.2) is 24.3 Å². The molecule has 0 saturated carbocycles. The molecule has 0 aromatic heterocycles. The van der Waals surface area contributed by atoms with E-state index in [-0.39, 0.29) is 0 Å². The van der Waals surface area contributed by atoms with Crippen LogP contribution in [0, 0.1) is 0 Å². The van der Waals surface area contributed by atoms with Crippen molar-refractivity contribution in [3.8, 4) is 0 Å². The molecule has 0 atom stereocenters. The summed E-state index contributed by atoms with van der Waals surface area (Å²) < 4.78 is 10.0. The molecule has 0 spiro atoms. The molecule has 0 bridgehead atoms. The van der Waals surface area contributed by atoms with Crippen LogP contribution in [0.4, 0.5) is 5.69 Å². The summed E-state index contributed by atoms with van der Waals surface area (Å²) in [4.78, 5) is 0. The monoisotopic (exact) mass is 254 g/mol. The number of methoxy groups -OCH3 is 2. The van der Waals surface area contributed by atoms with E-state index in [1.807, 2.05) is 24.3 Å². The lowest BCUT2D eigenvalue weighted by Gasteiger charge is -2.11. The van der Waals surface area contributed by atoms with E-state index in [4.69, 9.17) is 21.7 Å². The van der Waals surface area contributed by atoms with Crippen molar-refractivity contribution in [3.63, 3.8) is 0 Å². The van der Waals surface area contributed by atoms with Gasteiger partial charge in [-0.05, 0) is 29.9 Å². The lowest BCUT2D eigenvalue weighted by atomic mass is 10.2. The zero-order chi connectivity index (χ0) is 12.5. The summed E-state index contributed by atoms with van der Waals surface area (Å²) in [7, 11) is 3.34. The van der Waals surface area contributed by atoms with Gasteiger partial charge in [-0.3, -0.25) is 0 Å². The Morgan fingerprint density at radius 3 is 2.82 bits per heavy atom. The summed E-state index contributed by atoms with van der Waals surface area (Å²) in [6.07, 6.45) is 0. The number of hydrogen-bond acceptors (Lipinski definition) is 3. The van der Waals surface area contributed by atoms with E-state index < -0.39 is 0 Å². The largest absolute Gasteiger partial charge is 0.383 e. The van der Waals surface area contributed by atoms with Crippen molar-refractivity contribution in [1.82, 2.24) is 5.32 Å². The first-order valence-electron chi connectivity index (χ1n) is 5.38. The highest BCUT2D eigenvalue weighted by molar-refractivity contribution is 7.80. The topological polar surface area (TPSA) is 42.5 Å². The molecule has 0 unspecified atom stereocenters. The van der Waals surface area contributed by atoms with Crippen LogP contribution in [0.25, 0.3) is 0 Å². The van der Waals surface area contributed by atoms with E-state index in [2.05, 4.69) is 10.6 Å². The molecule has 0 fully saturated rings. The fourth-order valence-corrected chi connectivity index (χ4v) is 1.57. The molecule has 0 aliphatic heterocycles. The number of nitrogens with one attached hydrogen (secondary N) is 2. The van der Waals surface area contributed by atoms with E-state index in [1.54, 1.807) is 14.2 Å². The molecule has 0 aliphatic carbocycles. The van der Waals surface area contributed by atoms with Crippen LogP contribution in [0.1, 0.15) is 5.56 Å². The van der Waals surface area contributed by atoms with E-state index in [1.165, 1.54) is 0 Å². The third kappa shape index (κ3) is 5.63. The van der Waals surface area contributed by atoms with Gasteiger partial charge in [-0.15, -0.1) is 0 Å². The second kappa shape index (κ2) is 8.00.